The van der Waals surface area contributed by atoms with Crippen LogP contribution in [0.15, 0.2) is 12.4 Å². The molecule has 0 amide bonds. The second-order valence-electron chi connectivity index (χ2n) is 5.18. The summed E-state index contributed by atoms with van der Waals surface area (Å²) < 4.78 is 12.6. The van der Waals surface area contributed by atoms with E-state index in [0.29, 0.717) is 5.92 Å². The van der Waals surface area contributed by atoms with E-state index in [1.807, 2.05) is 0 Å². The van der Waals surface area contributed by atoms with Crippen molar-refractivity contribution in [1.82, 2.24) is 9.97 Å². The van der Waals surface area contributed by atoms with Crippen LogP contribution in [0.25, 0.3) is 0 Å². The van der Waals surface area contributed by atoms with Gasteiger partial charge in [-0.25, -0.2) is 9.97 Å². The standard InChI is InChI=1S/C13H18FN3/c14-7-10-4-5-17(8-10)13-6-12(15-9-16-13)11-2-1-3-11/h6,9-11H,1-5,7-8H2. The van der Waals surface area contributed by atoms with Crippen molar-refractivity contribution in [3.05, 3.63) is 18.1 Å². The number of aromatic nitrogens is 2. The largest absolute Gasteiger partial charge is 0.356 e. The van der Waals surface area contributed by atoms with Gasteiger partial charge in [0.25, 0.3) is 0 Å². The molecule has 2 fully saturated rings. The Bertz CT molecular complexity index is 392. The molecule has 1 aromatic heterocycles. The fourth-order valence-electron chi connectivity index (χ4n) is 2.63. The molecule has 0 spiro atoms. The Hall–Kier alpha value is -1.19. The average molecular weight is 235 g/mol. The Balaban J connectivity index is 1.74. The lowest BCUT2D eigenvalue weighted by Gasteiger charge is -2.26. The van der Waals surface area contributed by atoms with Crippen LogP contribution in [0.2, 0.25) is 0 Å². The third-order valence-electron chi connectivity index (χ3n) is 4.03. The van der Waals surface area contributed by atoms with Crippen LogP contribution in [0.1, 0.15) is 37.3 Å². The summed E-state index contributed by atoms with van der Waals surface area (Å²) in [7, 11) is 0. The van der Waals surface area contributed by atoms with Gasteiger partial charge in [-0.1, -0.05) is 6.42 Å². The maximum Gasteiger partial charge on any atom is 0.132 e. The molecule has 0 aromatic carbocycles. The molecule has 1 saturated carbocycles. The molecular weight excluding hydrogens is 217 g/mol. The van der Waals surface area contributed by atoms with E-state index in [9.17, 15) is 4.39 Å². The van der Waals surface area contributed by atoms with E-state index in [0.717, 1.165) is 25.3 Å². The zero-order valence-electron chi connectivity index (χ0n) is 9.98. The lowest BCUT2D eigenvalue weighted by Crippen LogP contribution is -2.22. The number of hydrogen-bond acceptors (Lipinski definition) is 3. The predicted molar refractivity (Wildman–Crippen MR) is 64.9 cm³/mol. The molecule has 2 aliphatic rings. The van der Waals surface area contributed by atoms with E-state index in [1.165, 1.54) is 25.0 Å². The average Bonchev–Trinajstić information content (AvgIpc) is 2.75. The van der Waals surface area contributed by atoms with Crippen molar-refractivity contribution >= 4 is 5.82 Å². The van der Waals surface area contributed by atoms with Gasteiger partial charge in [0.1, 0.15) is 12.1 Å². The van der Waals surface area contributed by atoms with Gasteiger partial charge in [0.15, 0.2) is 0 Å². The van der Waals surface area contributed by atoms with Crippen molar-refractivity contribution in [3.63, 3.8) is 0 Å². The van der Waals surface area contributed by atoms with Gasteiger partial charge in [-0.05, 0) is 19.3 Å². The number of nitrogens with zero attached hydrogens (tertiary/aromatic N) is 3. The second kappa shape index (κ2) is 4.59. The summed E-state index contributed by atoms with van der Waals surface area (Å²) >= 11 is 0. The molecule has 2 heterocycles. The Morgan fingerprint density at radius 1 is 1.29 bits per heavy atom. The monoisotopic (exact) mass is 235 g/mol. The van der Waals surface area contributed by atoms with Crippen molar-refractivity contribution in [2.24, 2.45) is 5.92 Å². The maximum absolute atomic E-state index is 12.6. The third-order valence-corrected chi connectivity index (χ3v) is 4.03. The predicted octanol–water partition coefficient (Wildman–Crippen LogP) is 2.54. The topological polar surface area (TPSA) is 29.0 Å². The van der Waals surface area contributed by atoms with Crippen molar-refractivity contribution in [2.45, 2.75) is 31.6 Å². The third kappa shape index (κ3) is 2.13. The van der Waals surface area contributed by atoms with E-state index >= 15 is 0 Å². The molecule has 0 N–H and O–H groups in total. The van der Waals surface area contributed by atoms with Gasteiger partial charge in [-0.3, -0.25) is 4.39 Å². The molecule has 1 saturated heterocycles. The van der Waals surface area contributed by atoms with Crippen LogP contribution in [-0.2, 0) is 0 Å². The molecular formula is C13H18FN3. The van der Waals surface area contributed by atoms with Crippen LogP contribution in [0.4, 0.5) is 10.2 Å². The molecule has 1 unspecified atom stereocenters. The first kappa shape index (κ1) is 10.9. The number of hydrogen-bond donors (Lipinski definition) is 0. The summed E-state index contributed by atoms with van der Waals surface area (Å²) in [6, 6.07) is 2.10. The van der Waals surface area contributed by atoms with Crippen LogP contribution in [0.5, 0.6) is 0 Å². The summed E-state index contributed by atoms with van der Waals surface area (Å²) in [5, 5.41) is 0. The second-order valence-corrected chi connectivity index (χ2v) is 5.18. The highest BCUT2D eigenvalue weighted by molar-refractivity contribution is 5.41. The maximum atomic E-state index is 12.6. The number of alkyl halides is 1. The van der Waals surface area contributed by atoms with E-state index in [2.05, 4.69) is 20.9 Å². The minimum absolute atomic E-state index is 0.192. The molecule has 1 aliphatic carbocycles. The Labute approximate surface area is 101 Å². The molecule has 1 atom stereocenters. The molecule has 0 bridgehead atoms. The van der Waals surface area contributed by atoms with Crippen molar-refractivity contribution in [1.29, 1.82) is 0 Å². The zero-order chi connectivity index (χ0) is 11.7. The summed E-state index contributed by atoms with van der Waals surface area (Å²) in [6.45, 7) is 1.52. The molecule has 1 aliphatic heterocycles. The van der Waals surface area contributed by atoms with Gasteiger partial charge in [0.05, 0.1) is 6.67 Å². The first-order chi connectivity index (χ1) is 8.36. The molecule has 3 rings (SSSR count). The van der Waals surface area contributed by atoms with Crippen LogP contribution < -0.4 is 4.90 Å². The van der Waals surface area contributed by atoms with Crippen molar-refractivity contribution in [2.75, 3.05) is 24.7 Å². The van der Waals surface area contributed by atoms with Gasteiger partial charge in [-0.2, -0.15) is 0 Å². The Morgan fingerprint density at radius 3 is 2.82 bits per heavy atom. The van der Waals surface area contributed by atoms with Gasteiger partial charge < -0.3 is 4.90 Å². The number of halogens is 1. The lowest BCUT2D eigenvalue weighted by atomic mass is 9.83. The minimum atomic E-state index is -0.211. The number of rotatable bonds is 3. The van der Waals surface area contributed by atoms with E-state index in [1.54, 1.807) is 6.33 Å². The molecule has 3 nitrogen and oxygen atoms in total. The first-order valence-electron chi connectivity index (χ1n) is 6.49. The fraction of sp³-hybridized carbons (Fsp3) is 0.692. The van der Waals surface area contributed by atoms with Crippen LogP contribution in [0, 0.1) is 5.92 Å². The van der Waals surface area contributed by atoms with Crippen LogP contribution >= 0.6 is 0 Å². The minimum Gasteiger partial charge on any atom is -0.356 e. The van der Waals surface area contributed by atoms with Gasteiger partial charge in [-0.15, -0.1) is 0 Å². The van der Waals surface area contributed by atoms with E-state index < -0.39 is 0 Å². The SMILES string of the molecule is FCC1CCN(c2cc(C3CCC3)ncn2)C1. The van der Waals surface area contributed by atoms with E-state index in [4.69, 9.17) is 0 Å². The highest BCUT2D eigenvalue weighted by Gasteiger charge is 2.25. The summed E-state index contributed by atoms with van der Waals surface area (Å²) in [4.78, 5) is 10.9. The summed E-state index contributed by atoms with van der Waals surface area (Å²) in [6.07, 6.45) is 6.43. The van der Waals surface area contributed by atoms with Crippen molar-refractivity contribution in [3.8, 4) is 0 Å². The smallest absolute Gasteiger partial charge is 0.132 e. The zero-order valence-corrected chi connectivity index (χ0v) is 9.98. The molecule has 17 heavy (non-hydrogen) atoms. The van der Waals surface area contributed by atoms with Crippen LogP contribution in [0.3, 0.4) is 0 Å². The number of anilines is 1. The summed E-state index contributed by atoms with van der Waals surface area (Å²) in [5.41, 5.74) is 1.17. The highest BCUT2D eigenvalue weighted by atomic mass is 19.1. The Morgan fingerprint density at radius 2 is 2.18 bits per heavy atom. The molecule has 1 aromatic rings. The molecule has 92 valence electrons. The highest BCUT2D eigenvalue weighted by Crippen LogP contribution is 2.36. The molecule has 4 heteroatoms. The Kier molecular flexibility index (Phi) is 2.95. The quantitative estimate of drug-likeness (QED) is 0.806. The lowest BCUT2D eigenvalue weighted by molar-refractivity contribution is 0.384. The van der Waals surface area contributed by atoms with Gasteiger partial charge in [0.2, 0.25) is 0 Å². The van der Waals surface area contributed by atoms with Crippen LogP contribution in [-0.4, -0.2) is 29.7 Å². The van der Waals surface area contributed by atoms with Crippen molar-refractivity contribution < 1.29 is 4.39 Å². The molecule has 0 radical (unpaired) electrons. The normalized spacial score (nSPS) is 25.0. The fourth-order valence-corrected chi connectivity index (χ4v) is 2.63. The summed E-state index contributed by atoms with van der Waals surface area (Å²) in [5.74, 6) is 1.81. The van der Waals surface area contributed by atoms with E-state index in [-0.39, 0.29) is 12.6 Å². The van der Waals surface area contributed by atoms with Gasteiger partial charge >= 0.3 is 0 Å². The first-order valence-corrected chi connectivity index (χ1v) is 6.49. The van der Waals surface area contributed by atoms with Gasteiger partial charge in [0, 0.05) is 36.7 Å².